The highest BCUT2D eigenvalue weighted by Gasteiger charge is 2.13. The third-order valence-electron chi connectivity index (χ3n) is 1.90. The average molecular weight is 228 g/mol. The third kappa shape index (κ3) is 3.36. The second-order valence-corrected chi connectivity index (χ2v) is 3.90. The molecule has 5 heteroatoms. The highest BCUT2D eigenvalue weighted by Crippen LogP contribution is 2.26. The van der Waals surface area contributed by atoms with Crippen LogP contribution in [0.2, 0.25) is 0 Å². The van der Waals surface area contributed by atoms with Gasteiger partial charge >= 0.3 is 5.97 Å². The van der Waals surface area contributed by atoms with Gasteiger partial charge in [0.15, 0.2) is 5.78 Å². The van der Waals surface area contributed by atoms with E-state index in [1.807, 2.05) is 0 Å². The van der Waals surface area contributed by atoms with Crippen molar-refractivity contribution in [2.24, 2.45) is 0 Å². The lowest BCUT2D eigenvalue weighted by molar-refractivity contribution is -0.137. The summed E-state index contributed by atoms with van der Waals surface area (Å²) in [5.74, 6) is -0.357. The van der Waals surface area contributed by atoms with E-state index in [9.17, 15) is 9.59 Å². The minimum Gasteiger partial charge on any atom is -0.495 e. The third-order valence-corrected chi connectivity index (χ3v) is 2.83. The average Bonchev–Trinajstić information content (AvgIpc) is 2.64. The lowest BCUT2D eigenvalue weighted by Gasteiger charge is -2.00. The molecular formula is C10H12O4S. The number of carboxylic acid groups (broad SMARTS) is 1. The fourth-order valence-electron chi connectivity index (χ4n) is 1.18. The summed E-state index contributed by atoms with van der Waals surface area (Å²) in [6.45, 7) is 0. The zero-order chi connectivity index (χ0) is 11.3. The Balaban J connectivity index is 2.50. The van der Waals surface area contributed by atoms with Gasteiger partial charge in [-0.25, -0.2) is 0 Å². The van der Waals surface area contributed by atoms with Gasteiger partial charge in [0, 0.05) is 12.8 Å². The van der Waals surface area contributed by atoms with Gasteiger partial charge in [-0.2, -0.15) is 0 Å². The smallest absolute Gasteiger partial charge is 0.303 e. The molecule has 0 fully saturated rings. The summed E-state index contributed by atoms with van der Waals surface area (Å²) in [6, 6.07) is 1.73. The van der Waals surface area contributed by atoms with E-state index in [0.29, 0.717) is 17.0 Å². The molecule has 0 aromatic carbocycles. The van der Waals surface area contributed by atoms with E-state index in [2.05, 4.69) is 0 Å². The van der Waals surface area contributed by atoms with Crippen molar-refractivity contribution in [3.05, 3.63) is 16.3 Å². The fraction of sp³-hybridized carbons (Fsp3) is 0.400. The number of Topliss-reactive ketones (excluding diaryl/α,β-unsaturated/α-hetero) is 1. The van der Waals surface area contributed by atoms with Crippen molar-refractivity contribution in [2.75, 3.05) is 7.11 Å². The Kier molecular flexibility index (Phi) is 4.30. The van der Waals surface area contributed by atoms with Crippen molar-refractivity contribution in [3.8, 4) is 5.75 Å². The van der Waals surface area contributed by atoms with E-state index >= 15 is 0 Å². The number of hydrogen-bond donors (Lipinski definition) is 1. The SMILES string of the molecule is COc1ccsc1C(=O)CCCC(=O)O. The molecule has 0 unspecified atom stereocenters. The molecule has 0 saturated heterocycles. The first-order valence-corrected chi connectivity index (χ1v) is 5.39. The second-order valence-electron chi connectivity index (χ2n) is 2.99. The molecule has 1 rings (SSSR count). The van der Waals surface area contributed by atoms with E-state index in [1.165, 1.54) is 18.4 Å². The number of aliphatic carboxylic acids is 1. The normalized spacial score (nSPS) is 9.93. The van der Waals surface area contributed by atoms with Crippen molar-refractivity contribution in [3.63, 3.8) is 0 Å². The number of thiophene rings is 1. The molecule has 0 atom stereocenters. The van der Waals surface area contributed by atoms with Gasteiger partial charge in [0.25, 0.3) is 0 Å². The van der Waals surface area contributed by atoms with E-state index in [-0.39, 0.29) is 18.6 Å². The van der Waals surface area contributed by atoms with Crippen LogP contribution in [0.5, 0.6) is 5.75 Å². The summed E-state index contributed by atoms with van der Waals surface area (Å²) in [5.41, 5.74) is 0. The number of carbonyl (C=O) groups is 2. The van der Waals surface area contributed by atoms with Gasteiger partial charge in [0.1, 0.15) is 10.6 Å². The molecule has 0 aliphatic carbocycles. The van der Waals surface area contributed by atoms with E-state index in [4.69, 9.17) is 9.84 Å². The van der Waals surface area contributed by atoms with Crippen molar-refractivity contribution in [1.82, 2.24) is 0 Å². The highest BCUT2D eigenvalue weighted by molar-refractivity contribution is 7.12. The number of carboxylic acids is 1. The summed E-state index contributed by atoms with van der Waals surface area (Å²) in [5, 5.41) is 10.2. The molecule has 1 heterocycles. The number of ether oxygens (including phenoxy) is 1. The Bertz CT molecular complexity index is 356. The van der Waals surface area contributed by atoms with Gasteiger partial charge in [-0.15, -0.1) is 11.3 Å². The molecule has 0 bridgehead atoms. The maximum absolute atomic E-state index is 11.6. The molecule has 0 spiro atoms. The van der Waals surface area contributed by atoms with Gasteiger partial charge in [-0.3, -0.25) is 9.59 Å². The molecule has 1 aromatic rings. The van der Waals surface area contributed by atoms with E-state index < -0.39 is 5.97 Å². The molecule has 0 saturated carbocycles. The summed E-state index contributed by atoms with van der Waals surface area (Å²) >= 11 is 1.32. The van der Waals surface area contributed by atoms with Crippen molar-refractivity contribution in [1.29, 1.82) is 0 Å². The van der Waals surface area contributed by atoms with Crippen LogP contribution >= 0.6 is 11.3 Å². The zero-order valence-electron chi connectivity index (χ0n) is 8.36. The fourth-order valence-corrected chi connectivity index (χ4v) is 2.00. The van der Waals surface area contributed by atoms with Crippen LogP contribution in [-0.4, -0.2) is 24.0 Å². The molecule has 1 N–H and O–H groups in total. The van der Waals surface area contributed by atoms with Gasteiger partial charge < -0.3 is 9.84 Å². The number of hydrogen-bond acceptors (Lipinski definition) is 4. The lowest BCUT2D eigenvalue weighted by atomic mass is 10.1. The largest absolute Gasteiger partial charge is 0.495 e. The number of methoxy groups -OCH3 is 1. The number of ketones is 1. The van der Waals surface area contributed by atoms with Gasteiger partial charge in [-0.1, -0.05) is 0 Å². The topological polar surface area (TPSA) is 63.6 Å². The van der Waals surface area contributed by atoms with E-state index in [0.717, 1.165) is 0 Å². The maximum atomic E-state index is 11.6. The molecule has 82 valence electrons. The van der Waals surface area contributed by atoms with Crippen molar-refractivity contribution < 1.29 is 19.4 Å². The van der Waals surface area contributed by atoms with Crippen LogP contribution in [0, 0.1) is 0 Å². The first kappa shape index (κ1) is 11.7. The lowest BCUT2D eigenvalue weighted by Crippen LogP contribution is -2.01. The predicted molar refractivity (Wildman–Crippen MR) is 56.7 cm³/mol. The van der Waals surface area contributed by atoms with E-state index in [1.54, 1.807) is 11.4 Å². The van der Waals surface area contributed by atoms with Crippen molar-refractivity contribution in [2.45, 2.75) is 19.3 Å². The summed E-state index contributed by atoms with van der Waals surface area (Å²) in [6.07, 6.45) is 0.651. The first-order chi connectivity index (χ1) is 7.15. The Morgan fingerprint density at radius 2 is 2.20 bits per heavy atom. The second kappa shape index (κ2) is 5.50. The van der Waals surface area contributed by atoms with Crippen LogP contribution in [0.3, 0.4) is 0 Å². The summed E-state index contributed by atoms with van der Waals surface area (Å²) in [4.78, 5) is 22.4. The standard InChI is InChI=1S/C10H12O4S/c1-14-8-5-6-15-10(8)7(11)3-2-4-9(12)13/h5-6H,2-4H2,1H3,(H,12,13). The molecule has 15 heavy (non-hydrogen) atoms. The minimum absolute atomic E-state index is 0.0272. The Morgan fingerprint density at radius 3 is 2.80 bits per heavy atom. The maximum Gasteiger partial charge on any atom is 0.303 e. The van der Waals surface area contributed by atoms with Crippen LogP contribution in [0.4, 0.5) is 0 Å². The Morgan fingerprint density at radius 1 is 1.47 bits per heavy atom. The first-order valence-electron chi connectivity index (χ1n) is 4.51. The molecule has 0 amide bonds. The highest BCUT2D eigenvalue weighted by atomic mass is 32.1. The zero-order valence-corrected chi connectivity index (χ0v) is 9.17. The van der Waals surface area contributed by atoms with Gasteiger partial charge in [0.2, 0.25) is 0 Å². The van der Waals surface area contributed by atoms with Gasteiger partial charge in [0.05, 0.1) is 7.11 Å². The number of carbonyl (C=O) groups excluding carboxylic acids is 1. The molecule has 0 aliphatic heterocycles. The number of rotatable bonds is 6. The van der Waals surface area contributed by atoms with Crippen LogP contribution in [0.25, 0.3) is 0 Å². The Labute approximate surface area is 91.5 Å². The molecule has 0 radical (unpaired) electrons. The van der Waals surface area contributed by atoms with Crippen LogP contribution in [0.15, 0.2) is 11.4 Å². The monoisotopic (exact) mass is 228 g/mol. The summed E-state index contributed by atoms with van der Waals surface area (Å²) in [7, 11) is 1.51. The quantitative estimate of drug-likeness (QED) is 0.758. The molecular weight excluding hydrogens is 216 g/mol. The predicted octanol–water partition coefficient (Wildman–Crippen LogP) is 2.19. The van der Waals surface area contributed by atoms with Crippen LogP contribution < -0.4 is 4.74 Å². The van der Waals surface area contributed by atoms with Crippen LogP contribution in [0.1, 0.15) is 28.9 Å². The molecule has 0 aliphatic rings. The van der Waals surface area contributed by atoms with Crippen LogP contribution in [-0.2, 0) is 4.79 Å². The van der Waals surface area contributed by atoms with Gasteiger partial charge in [-0.05, 0) is 17.9 Å². The minimum atomic E-state index is -0.874. The van der Waals surface area contributed by atoms with Crippen molar-refractivity contribution >= 4 is 23.1 Å². The summed E-state index contributed by atoms with van der Waals surface area (Å²) < 4.78 is 5.01. The molecule has 4 nitrogen and oxygen atoms in total. The molecule has 1 aromatic heterocycles. The Hall–Kier alpha value is -1.36.